The van der Waals surface area contributed by atoms with E-state index in [1.807, 2.05) is 54.2 Å². The summed E-state index contributed by atoms with van der Waals surface area (Å²) < 4.78 is 12.9. The molecule has 7 nitrogen and oxygen atoms in total. The molecule has 31 heavy (non-hydrogen) atoms. The van der Waals surface area contributed by atoms with Crippen LogP contribution in [0.3, 0.4) is 0 Å². The lowest BCUT2D eigenvalue weighted by atomic mass is 10.3. The van der Waals surface area contributed by atoms with E-state index < -0.39 is 0 Å². The molecule has 162 valence electrons. The van der Waals surface area contributed by atoms with Crippen molar-refractivity contribution in [1.29, 1.82) is 0 Å². The summed E-state index contributed by atoms with van der Waals surface area (Å²) in [7, 11) is 1.93. The van der Waals surface area contributed by atoms with Crippen LogP contribution >= 0.6 is 0 Å². The predicted molar refractivity (Wildman–Crippen MR) is 117 cm³/mol. The van der Waals surface area contributed by atoms with Gasteiger partial charge in [0, 0.05) is 25.5 Å². The fraction of sp³-hybridized carbons (Fsp3) is 0.250. The number of furan rings is 1. The maximum atomic E-state index is 13.2. The van der Waals surface area contributed by atoms with Crippen molar-refractivity contribution in [3.63, 3.8) is 0 Å². The molecule has 0 atom stereocenters. The summed E-state index contributed by atoms with van der Waals surface area (Å²) in [6.45, 7) is 4.45. The lowest BCUT2D eigenvalue weighted by molar-refractivity contribution is -0.142. The topological polar surface area (TPSA) is 67.9 Å². The lowest BCUT2D eigenvalue weighted by Gasteiger charge is -2.27. The van der Waals surface area contributed by atoms with Gasteiger partial charge in [-0.15, -0.1) is 6.58 Å². The molecule has 0 aliphatic rings. The quantitative estimate of drug-likeness (QED) is 0.446. The molecule has 0 fully saturated rings. The maximum absolute atomic E-state index is 13.2. The highest BCUT2D eigenvalue weighted by atomic mass is 16.5. The monoisotopic (exact) mass is 421 g/mol. The zero-order valence-corrected chi connectivity index (χ0v) is 17.6. The molecule has 0 saturated carbocycles. The lowest BCUT2D eigenvalue weighted by Crippen LogP contribution is -2.44. The molecule has 3 aromatic rings. The van der Waals surface area contributed by atoms with Crippen LogP contribution in [0, 0.1) is 0 Å². The Balaban J connectivity index is 1.67. The minimum absolute atomic E-state index is 0.0753. The molecule has 0 aliphatic carbocycles. The highest BCUT2D eigenvalue weighted by Gasteiger charge is 2.22. The first-order valence-corrected chi connectivity index (χ1v) is 10.0. The summed E-state index contributed by atoms with van der Waals surface area (Å²) >= 11 is 0. The summed E-state index contributed by atoms with van der Waals surface area (Å²) in [5.74, 6) is 0.807. The molecule has 2 amide bonds. The Morgan fingerprint density at radius 1 is 1.03 bits per heavy atom. The molecule has 0 N–H and O–H groups in total. The minimum Gasteiger partial charge on any atom is -0.484 e. The maximum Gasteiger partial charge on any atom is 0.261 e. The van der Waals surface area contributed by atoms with Crippen LogP contribution in [0.2, 0.25) is 0 Å². The molecular formula is C24H27N3O4. The molecule has 2 heterocycles. The van der Waals surface area contributed by atoms with Crippen LogP contribution in [0.4, 0.5) is 0 Å². The van der Waals surface area contributed by atoms with Gasteiger partial charge in [0.15, 0.2) is 6.61 Å². The van der Waals surface area contributed by atoms with E-state index >= 15 is 0 Å². The molecule has 7 heteroatoms. The van der Waals surface area contributed by atoms with E-state index in [-0.39, 0.29) is 31.5 Å². The van der Waals surface area contributed by atoms with Gasteiger partial charge in [0.1, 0.15) is 18.1 Å². The zero-order valence-electron chi connectivity index (χ0n) is 17.6. The van der Waals surface area contributed by atoms with E-state index in [0.29, 0.717) is 24.6 Å². The number of hydrogen-bond acceptors (Lipinski definition) is 4. The van der Waals surface area contributed by atoms with E-state index in [2.05, 4.69) is 6.58 Å². The molecule has 3 rings (SSSR count). The fourth-order valence-corrected chi connectivity index (χ4v) is 3.11. The Bertz CT molecular complexity index is 979. The number of rotatable bonds is 11. The predicted octanol–water partition coefficient (Wildman–Crippen LogP) is 3.24. The first-order valence-electron chi connectivity index (χ1n) is 10.0. The number of amides is 2. The Morgan fingerprint density at radius 2 is 1.84 bits per heavy atom. The molecule has 0 saturated heterocycles. The Hall–Kier alpha value is -3.74. The average Bonchev–Trinajstić information content (AvgIpc) is 3.44. The van der Waals surface area contributed by atoms with Crippen LogP contribution < -0.4 is 4.74 Å². The standard InChI is InChI=1S/C24H27N3O4/c1-3-13-26(24(29)19-31-21-10-5-4-6-11-21)18-23(28)27(17-22-12-8-15-30-22)16-20-9-7-14-25(20)2/h3-12,14-15H,1,13,16-19H2,2H3. The third-order valence-corrected chi connectivity index (χ3v) is 4.82. The number of aryl methyl sites for hydroxylation is 1. The third kappa shape index (κ3) is 6.37. The van der Waals surface area contributed by atoms with Crippen LogP contribution in [0.25, 0.3) is 0 Å². The van der Waals surface area contributed by atoms with Gasteiger partial charge >= 0.3 is 0 Å². The molecule has 0 radical (unpaired) electrons. The van der Waals surface area contributed by atoms with Crippen LogP contribution in [-0.2, 0) is 29.7 Å². The van der Waals surface area contributed by atoms with Gasteiger partial charge in [-0.1, -0.05) is 24.3 Å². The Morgan fingerprint density at radius 3 is 2.48 bits per heavy atom. The second kappa shape index (κ2) is 10.9. The van der Waals surface area contributed by atoms with E-state index in [4.69, 9.17) is 9.15 Å². The van der Waals surface area contributed by atoms with E-state index in [0.717, 1.165) is 5.69 Å². The van der Waals surface area contributed by atoms with Crippen molar-refractivity contribution in [3.8, 4) is 5.75 Å². The average molecular weight is 421 g/mol. The largest absolute Gasteiger partial charge is 0.484 e. The fourth-order valence-electron chi connectivity index (χ4n) is 3.11. The minimum atomic E-state index is -0.283. The van der Waals surface area contributed by atoms with Crippen molar-refractivity contribution in [2.75, 3.05) is 19.7 Å². The van der Waals surface area contributed by atoms with Gasteiger partial charge in [0.2, 0.25) is 5.91 Å². The van der Waals surface area contributed by atoms with Crippen molar-refractivity contribution in [1.82, 2.24) is 14.4 Å². The molecular weight excluding hydrogens is 394 g/mol. The number of para-hydroxylation sites is 1. The summed E-state index contributed by atoms with van der Waals surface area (Å²) in [6, 6.07) is 16.6. The Labute approximate surface area is 182 Å². The van der Waals surface area contributed by atoms with E-state index in [1.54, 1.807) is 35.4 Å². The second-order valence-corrected chi connectivity index (χ2v) is 7.10. The molecule has 0 unspecified atom stereocenters. The van der Waals surface area contributed by atoms with Crippen LogP contribution in [0.1, 0.15) is 11.5 Å². The van der Waals surface area contributed by atoms with Crippen LogP contribution in [0.15, 0.2) is 84.1 Å². The first-order chi connectivity index (χ1) is 15.1. The number of benzene rings is 1. The number of hydrogen-bond donors (Lipinski definition) is 0. The normalized spacial score (nSPS) is 10.5. The van der Waals surface area contributed by atoms with Crippen LogP contribution in [0.5, 0.6) is 5.75 Å². The number of aromatic nitrogens is 1. The number of carbonyl (C=O) groups excluding carboxylic acids is 2. The number of ether oxygens (including phenoxy) is 1. The number of nitrogens with zero attached hydrogens (tertiary/aromatic N) is 3. The van der Waals surface area contributed by atoms with Crippen molar-refractivity contribution in [3.05, 3.63) is 91.2 Å². The van der Waals surface area contributed by atoms with Gasteiger partial charge in [0.25, 0.3) is 5.91 Å². The summed E-state index contributed by atoms with van der Waals surface area (Å²) in [5.41, 5.74) is 0.980. The summed E-state index contributed by atoms with van der Waals surface area (Å²) in [4.78, 5) is 29.0. The van der Waals surface area contributed by atoms with Crippen molar-refractivity contribution in [2.45, 2.75) is 13.1 Å². The van der Waals surface area contributed by atoms with Gasteiger partial charge in [-0.3, -0.25) is 9.59 Å². The molecule has 0 spiro atoms. The highest BCUT2D eigenvalue weighted by Crippen LogP contribution is 2.13. The van der Waals surface area contributed by atoms with Crippen molar-refractivity contribution >= 4 is 11.8 Å². The first kappa shape index (κ1) is 22.0. The van der Waals surface area contributed by atoms with Gasteiger partial charge in [-0.2, -0.15) is 0 Å². The van der Waals surface area contributed by atoms with Gasteiger partial charge in [-0.25, -0.2) is 0 Å². The summed E-state index contributed by atoms with van der Waals surface area (Å²) in [5, 5.41) is 0. The zero-order chi connectivity index (χ0) is 22.1. The van der Waals surface area contributed by atoms with Gasteiger partial charge in [0.05, 0.1) is 19.4 Å². The SMILES string of the molecule is C=CCN(CC(=O)N(Cc1ccco1)Cc1cccn1C)C(=O)COc1ccccc1. The molecule has 2 aromatic heterocycles. The summed E-state index contributed by atoms with van der Waals surface area (Å²) in [6.07, 6.45) is 5.11. The van der Waals surface area contributed by atoms with Crippen molar-refractivity contribution in [2.24, 2.45) is 7.05 Å². The smallest absolute Gasteiger partial charge is 0.261 e. The van der Waals surface area contributed by atoms with Crippen LogP contribution in [-0.4, -0.2) is 45.9 Å². The highest BCUT2D eigenvalue weighted by molar-refractivity contribution is 5.85. The second-order valence-electron chi connectivity index (χ2n) is 7.10. The van der Waals surface area contributed by atoms with E-state index in [9.17, 15) is 9.59 Å². The van der Waals surface area contributed by atoms with E-state index in [1.165, 1.54) is 4.90 Å². The molecule has 1 aromatic carbocycles. The molecule has 0 aliphatic heterocycles. The molecule has 0 bridgehead atoms. The van der Waals surface area contributed by atoms with Gasteiger partial charge < -0.3 is 23.5 Å². The number of carbonyl (C=O) groups is 2. The third-order valence-electron chi connectivity index (χ3n) is 4.82. The van der Waals surface area contributed by atoms with Crippen molar-refractivity contribution < 1.29 is 18.7 Å². The van der Waals surface area contributed by atoms with Gasteiger partial charge in [-0.05, 0) is 36.4 Å². The Kier molecular flexibility index (Phi) is 7.70.